The molecule has 0 aromatic heterocycles. The summed E-state index contributed by atoms with van der Waals surface area (Å²) in [5.41, 5.74) is 1.05. The molecule has 1 unspecified atom stereocenters. The molecule has 1 atom stereocenters. The smallest absolute Gasteiger partial charge is 0.407 e. The number of amides is 2. The van der Waals surface area contributed by atoms with Crippen molar-refractivity contribution in [3.63, 3.8) is 0 Å². The molecule has 0 bridgehead atoms. The van der Waals surface area contributed by atoms with E-state index in [4.69, 9.17) is 4.74 Å². The van der Waals surface area contributed by atoms with Crippen LogP contribution in [0.25, 0.3) is 0 Å². The zero-order valence-corrected chi connectivity index (χ0v) is 11.3. The number of hydrogen-bond donors (Lipinski definition) is 2. The van der Waals surface area contributed by atoms with Crippen LogP contribution in [0, 0.1) is 0 Å². The van der Waals surface area contributed by atoms with Crippen LogP contribution in [0.3, 0.4) is 0 Å². The first kappa shape index (κ1) is 15.0. The summed E-state index contributed by atoms with van der Waals surface area (Å²) in [6, 6.07) is 9.67. The Hall–Kier alpha value is -2.04. The SMILES string of the molecule is CCOC(=O)NCCC(=O)NC(C)c1ccccc1. The van der Waals surface area contributed by atoms with Crippen molar-refractivity contribution < 1.29 is 14.3 Å². The lowest BCUT2D eigenvalue weighted by molar-refractivity contribution is -0.121. The Morgan fingerprint density at radius 3 is 2.58 bits per heavy atom. The minimum atomic E-state index is -0.494. The third-order valence-electron chi connectivity index (χ3n) is 2.57. The molecule has 0 heterocycles. The number of hydrogen-bond acceptors (Lipinski definition) is 3. The molecule has 0 aliphatic rings. The second-order valence-electron chi connectivity index (χ2n) is 4.10. The first-order chi connectivity index (χ1) is 9.13. The normalized spacial score (nSPS) is 11.5. The van der Waals surface area contributed by atoms with Gasteiger partial charge < -0.3 is 15.4 Å². The third-order valence-corrected chi connectivity index (χ3v) is 2.57. The van der Waals surface area contributed by atoms with Crippen molar-refractivity contribution in [3.05, 3.63) is 35.9 Å². The standard InChI is InChI=1S/C14H20N2O3/c1-3-19-14(18)15-10-9-13(17)16-11(2)12-7-5-4-6-8-12/h4-8,11H,3,9-10H2,1-2H3,(H,15,18)(H,16,17). The van der Waals surface area contributed by atoms with Gasteiger partial charge in [0, 0.05) is 13.0 Å². The van der Waals surface area contributed by atoms with Gasteiger partial charge in [0.15, 0.2) is 0 Å². The average molecular weight is 264 g/mol. The molecule has 5 nitrogen and oxygen atoms in total. The van der Waals surface area contributed by atoms with E-state index in [-0.39, 0.29) is 24.9 Å². The Balaban J connectivity index is 2.26. The molecular weight excluding hydrogens is 244 g/mol. The molecule has 2 amide bonds. The molecule has 19 heavy (non-hydrogen) atoms. The summed E-state index contributed by atoms with van der Waals surface area (Å²) in [6.07, 6.45) is -0.262. The Labute approximate surface area is 113 Å². The van der Waals surface area contributed by atoms with E-state index >= 15 is 0 Å². The predicted molar refractivity (Wildman–Crippen MR) is 72.6 cm³/mol. The first-order valence-electron chi connectivity index (χ1n) is 6.38. The van der Waals surface area contributed by atoms with Crippen LogP contribution in [0.1, 0.15) is 31.9 Å². The monoisotopic (exact) mass is 264 g/mol. The molecule has 104 valence electrons. The fraction of sp³-hybridized carbons (Fsp3) is 0.429. The maximum absolute atomic E-state index is 11.7. The first-order valence-corrected chi connectivity index (χ1v) is 6.38. The van der Waals surface area contributed by atoms with E-state index in [1.54, 1.807) is 6.92 Å². The van der Waals surface area contributed by atoms with Crippen molar-refractivity contribution in [3.8, 4) is 0 Å². The molecule has 2 N–H and O–H groups in total. The second-order valence-corrected chi connectivity index (χ2v) is 4.10. The summed E-state index contributed by atoms with van der Waals surface area (Å²) in [4.78, 5) is 22.7. The molecule has 1 aromatic carbocycles. The van der Waals surface area contributed by atoms with Crippen molar-refractivity contribution >= 4 is 12.0 Å². The second kappa shape index (κ2) is 8.13. The van der Waals surface area contributed by atoms with E-state index in [1.807, 2.05) is 37.3 Å². The van der Waals surface area contributed by atoms with Crippen LogP contribution in [0.2, 0.25) is 0 Å². The summed E-state index contributed by atoms with van der Waals surface area (Å²) >= 11 is 0. The maximum Gasteiger partial charge on any atom is 0.407 e. The third kappa shape index (κ3) is 5.90. The summed E-state index contributed by atoms with van der Waals surface area (Å²) in [6.45, 7) is 4.25. The van der Waals surface area contributed by atoms with Gasteiger partial charge in [-0.05, 0) is 19.4 Å². The van der Waals surface area contributed by atoms with Crippen molar-refractivity contribution in [2.24, 2.45) is 0 Å². The molecule has 0 saturated carbocycles. The van der Waals surface area contributed by atoms with E-state index in [0.717, 1.165) is 5.56 Å². The molecule has 5 heteroatoms. The molecule has 1 aromatic rings. The summed E-state index contributed by atoms with van der Waals surface area (Å²) < 4.78 is 4.69. The number of ether oxygens (including phenoxy) is 1. The summed E-state index contributed by atoms with van der Waals surface area (Å²) in [5.74, 6) is -0.104. The highest BCUT2D eigenvalue weighted by Gasteiger charge is 2.09. The highest BCUT2D eigenvalue weighted by Crippen LogP contribution is 2.10. The molecule has 0 aliphatic carbocycles. The Morgan fingerprint density at radius 2 is 1.95 bits per heavy atom. The molecule has 0 spiro atoms. The fourth-order valence-electron chi connectivity index (χ4n) is 1.60. The van der Waals surface area contributed by atoms with Crippen molar-refractivity contribution in [1.82, 2.24) is 10.6 Å². The van der Waals surface area contributed by atoms with Gasteiger partial charge in [-0.15, -0.1) is 0 Å². The van der Waals surface area contributed by atoms with E-state index in [9.17, 15) is 9.59 Å². The minimum absolute atomic E-state index is 0.0451. The van der Waals surface area contributed by atoms with Gasteiger partial charge >= 0.3 is 6.09 Å². The molecule has 0 radical (unpaired) electrons. The van der Waals surface area contributed by atoms with Gasteiger partial charge in [0.2, 0.25) is 5.91 Å². The lowest BCUT2D eigenvalue weighted by Crippen LogP contribution is -2.32. The van der Waals surface area contributed by atoms with Crippen LogP contribution in [0.15, 0.2) is 30.3 Å². The van der Waals surface area contributed by atoms with Crippen LogP contribution in [-0.2, 0) is 9.53 Å². The van der Waals surface area contributed by atoms with E-state index in [2.05, 4.69) is 10.6 Å². The van der Waals surface area contributed by atoms with Gasteiger partial charge in [0.25, 0.3) is 0 Å². The van der Waals surface area contributed by atoms with E-state index < -0.39 is 6.09 Å². The molecule has 0 saturated heterocycles. The van der Waals surface area contributed by atoms with Crippen LogP contribution in [-0.4, -0.2) is 25.2 Å². The average Bonchev–Trinajstić information content (AvgIpc) is 2.40. The quantitative estimate of drug-likeness (QED) is 0.825. The number of benzene rings is 1. The van der Waals surface area contributed by atoms with Gasteiger partial charge in [-0.1, -0.05) is 30.3 Å². The molecular formula is C14H20N2O3. The van der Waals surface area contributed by atoms with Crippen LogP contribution < -0.4 is 10.6 Å². The van der Waals surface area contributed by atoms with Gasteiger partial charge in [-0.25, -0.2) is 4.79 Å². The molecule has 0 aliphatic heterocycles. The van der Waals surface area contributed by atoms with Crippen LogP contribution in [0.4, 0.5) is 4.79 Å². The van der Waals surface area contributed by atoms with Crippen LogP contribution >= 0.6 is 0 Å². The van der Waals surface area contributed by atoms with Gasteiger partial charge in [-0.2, -0.15) is 0 Å². The number of carbonyl (C=O) groups is 2. The summed E-state index contributed by atoms with van der Waals surface area (Å²) in [5, 5.41) is 5.38. The highest BCUT2D eigenvalue weighted by molar-refractivity contribution is 5.77. The topological polar surface area (TPSA) is 67.4 Å². The zero-order chi connectivity index (χ0) is 14.1. The fourth-order valence-corrected chi connectivity index (χ4v) is 1.60. The molecule has 0 fully saturated rings. The maximum atomic E-state index is 11.7. The van der Waals surface area contributed by atoms with E-state index in [0.29, 0.717) is 6.61 Å². The number of alkyl carbamates (subject to hydrolysis) is 1. The van der Waals surface area contributed by atoms with Gasteiger partial charge in [-0.3, -0.25) is 4.79 Å². The van der Waals surface area contributed by atoms with Gasteiger partial charge in [0.1, 0.15) is 0 Å². The zero-order valence-electron chi connectivity index (χ0n) is 11.3. The van der Waals surface area contributed by atoms with Crippen LogP contribution in [0.5, 0.6) is 0 Å². The van der Waals surface area contributed by atoms with Crippen molar-refractivity contribution in [2.45, 2.75) is 26.3 Å². The lowest BCUT2D eigenvalue weighted by Gasteiger charge is -2.14. The molecule has 1 rings (SSSR count). The number of rotatable bonds is 6. The lowest BCUT2D eigenvalue weighted by atomic mass is 10.1. The summed E-state index contributed by atoms with van der Waals surface area (Å²) in [7, 11) is 0. The number of nitrogens with one attached hydrogen (secondary N) is 2. The Bertz CT molecular complexity index is 406. The van der Waals surface area contributed by atoms with Crippen molar-refractivity contribution in [2.75, 3.05) is 13.2 Å². The van der Waals surface area contributed by atoms with Crippen molar-refractivity contribution in [1.29, 1.82) is 0 Å². The number of carbonyl (C=O) groups excluding carboxylic acids is 2. The highest BCUT2D eigenvalue weighted by atomic mass is 16.5. The minimum Gasteiger partial charge on any atom is -0.450 e. The Kier molecular flexibility index (Phi) is 6.43. The Morgan fingerprint density at radius 1 is 1.26 bits per heavy atom. The predicted octanol–water partition coefficient (Wildman–Crippen LogP) is 2.00. The largest absolute Gasteiger partial charge is 0.450 e. The van der Waals surface area contributed by atoms with E-state index in [1.165, 1.54) is 0 Å². The van der Waals surface area contributed by atoms with Gasteiger partial charge in [0.05, 0.1) is 12.6 Å².